The van der Waals surface area contributed by atoms with Crippen molar-refractivity contribution < 1.29 is 14.3 Å². The van der Waals surface area contributed by atoms with Crippen LogP contribution in [0.4, 0.5) is 5.82 Å². The van der Waals surface area contributed by atoms with E-state index < -0.39 is 0 Å². The molecule has 1 aromatic heterocycles. The van der Waals surface area contributed by atoms with E-state index in [-0.39, 0.29) is 5.97 Å². The molecule has 1 heterocycles. The number of nitrogens with zero attached hydrogens (tertiary/aromatic N) is 1. The van der Waals surface area contributed by atoms with Gasteiger partial charge in [-0.3, -0.25) is 0 Å². The molecule has 5 heteroatoms. The minimum absolute atomic E-state index is 0.319. The number of carbonyl (C=O) groups is 1. The lowest BCUT2D eigenvalue weighted by molar-refractivity contribution is 0.0526. The summed E-state index contributed by atoms with van der Waals surface area (Å²) in [5, 5.41) is 5.42. The molecular weight excluding hydrogens is 352 g/mol. The van der Waals surface area contributed by atoms with Crippen LogP contribution in [0.5, 0.6) is 5.75 Å². The van der Waals surface area contributed by atoms with E-state index in [1.54, 1.807) is 14.0 Å². The van der Waals surface area contributed by atoms with Crippen LogP contribution < -0.4 is 10.1 Å². The quantitative estimate of drug-likeness (QED) is 0.576. The molecule has 0 unspecified atom stereocenters. The number of aromatic nitrogens is 1. The second kappa shape index (κ2) is 8.74. The van der Waals surface area contributed by atoms with E-state index >= 15 is 0 Å². The van der Waals surface area contributed by atoms with Crippen molar-refractivity contribution in [2.75, 3.05) is 19.0 Å². The molecule has 0 fully saturated rings. The summed E-state index contributed by atoms with van der Waals surface area (Å²) < 4.78 is 10.4. The first-order chi connectivity index (χ1) is 13.5. The number of hydrogen-bond donors (Lipinski definition) is 1. The SMILES string of the molecule is CCOC(=O)c1ccc2c(C(C)C)cnc(NCc3ccc(OC)cc3)c2c1. The summed E-state index contributed by atoms with van der Waals surface area (Å²) in [5.41, 5.74) is 2.80. The van der Waals surface area contributed by atoms with E-state index in [0.29, 0.717) is 24.6 Å². The van der Waals surface area contributed by atoms with Crippen LogP contribution >= 0.6 is 0 Å². The molecule has 0 atom stereocenters. The summed E-state index contributed by atoms with van der Waals surface area (Å²) in [7, 11) is 1.65. The summed E-state index contributed by atoms with van der Waals surface area (Å²) >= 11 is 0. The van der Waals surface area contributed by atoms with Gasteiger partial charge in [0.15, 0.2) is 0 Å². The summed E-state index contributed by atoms with van der Waals surface area (Å²) in [6.45, 7) is 7.06. The van der Waals surface area contributed by atoms with E-state index in [0.717, 1.165) is 33.5 Å². The summed E-state index contributed by atoms with van der Waals surface area (Å²) in [6.07, 6.45) is 1.91. The maximum absolute atomic E-state index is 12.2. The van der Waals surface area contributed by atoms with Crippen LogP contribution in [0.2, 0.25) is 0 Å². The van der Waals surface area contributed by atoms with Crippen LogP contribution in [-0.4, -0.2) is 24.7 Å². The molecule has 146 valence electrons. The smallest absolute Gasteiger partial charge is 0.338 e. The molecule has 3 rings (SSSR count). The van der Waals surface area contributed by atoms with E-state index in [1.807, 2.05) is 48.7 Å². The van der Waals surface area contributed by atoms with Gasteiger partial charge in [-0.1, -0.05) is 32.0 Å². The molecule has 0 saturated heterocycles. The van der Waals surface area contributed by atoms with Gasteiger partial charge in [-0.15, -0.1) is 0 Å². The van der Waals surface area contributed by atoms with Crippen LogP contribution in [0.25, 0.3) is 10.8 Å². The highest BCUT2D eigenvalue weighted by atomic mass is 16.5. The normalized spacial score (nSPS) is 10.9. The maximum atomic E-state index is 12.2. The molecule has 0 bridgehead atoms. The van der Waals surface area contributed by atoms with Crippen molar-refractivity contribution in [3.05, 3.63) is 65.4 Å². The summed E-state index contributed by atoms with van der Waals surface area (Å²) in [4.78, 5) is 16.8. The lowest BCUT2D eigenvalue weighted by Crippen LogP contribution is -2.07. The maximum Gasteiger partial charge on any atom is 0.338 e. The number of esters is 1. The number of fused-ring (bicyclic) bond motifs is 1. The van der Waals surface area contributed by atoms with Gasteiger partial charge >= 0.3 is 5.97 Å². The second-order valence-electron chi connectivity index (χ2n) is 6.90. The third kappa shape index (κ3) is 4.25. The Hall–Kier alpha value is -3.08. The van der Waals surface area contributed by atoms with Gasteiger partial charge in [-0.2, -0.15) is 0 Å². The molecule has 0 aliphatic rings. The van der Waals surface area contributed by atoms with Crippen LogP contribution in [-0.2, 0) is 11.3 Å². The van der Waals surface area contributed by atoms with Gasteiger partial charge in [-0.25, -0.2) is 9.78 Å². The van der Waals surface area contributed by atoms with E-state index in [1.165, 1.54) is 0 Å². The number of carbonyl (C=O) groups excluding carboxylic acids is 1. The fourth-order valence-corrected chi connectivity index (χ4v) is 3.14. The predicted octanol–water partition coefficient (Wildman–Crippen LogP) is 5.16. The average molecular weight is 378 g/mol. The Morgan fingerprint density at radius 2 is 1.86 bits per heavy atom. The first-order valence-electron chi connectivity index (χ1n) is 9.50. The molecule has 0 saturated carbocycles. The molecule has 28 heavy (non-hydrogen) atoms. The van der Waals surface area contributed by atoms with Gasteiger partial charge in [0.05, 0.1) is 19.3 Å². The van der Waals surface area contributed by atoms with E-state index in [2.05, 4.69) is 24.1 Å². The minimum atomic E-state index is -0.319. The van der Waals surface area contributed by atoms with Gasteiger partial charge in [0.1, 0.15) is 11.6 Å². The average Bonchev–Trinajstić information content (AvgIpc) is 2.71. The van der Waals surface area contributed by atoms with E-state index in [9.17, 15) is 4.79 Å². The predicted molar refractivity (Wildman–Crippen MR) is 112 cm³/mol. The highest BCUT2D eigenvalue weighted by molar-refractivity contribution is 6.00. The van der Waals surface area contributed by atoms with Crippen molar-refractivity contribution in [1.82, 2.24) is 4.98 Å². The number of pyridine rings is 1. The van der Waals surface area contributed by atoms with E-state index in [4.69, 9.17) is 9.47 Å². The Bertz CT molecular complexity index is 965. The number of rotatable bonds is 7. The fourth-order valence-electron chi connectivity index (χ4n) is 3.14. The third-order valence-corrected chi connectivity index (χ3v) is 4.67. The zero-order valence-electron chi connectivity index (χ0n) is 16.8. The van der Waals surface area contributed by atoms with Crippen molar-refractivity contribution >= 4 is 22.6 Å². The lowest BCUT2D eigenvalue weighted by atomic mass is 9.97. The molecule has 3 aromatic rings. The Balaban J connectivity index is 1.96. The Labute approximate surface area is 165 Å². The molecule has 0 aliphatic carbocycles. The second-order valence-corrected chi connectivity index (χ2v) is 6.90. The largest absolute Gasteiger partial charge is 0.497 e. The van der Waals surface area contributed by atoms with Crippen LogP contribution in [0.1, 0.15) is 48.2 Å². The summed E-state index contributed by atoms with van der Waals surface area (Å²) in [5.74, 6) is 1.59. The van der Waals surface area contributed by atoms with Gasteiger partial charge in [0.2, 0.25) is 0 Å². The fraction of sp³-hybridized carbons (Fsp3) is 0.304. The molecular formula is C23H26N2O3. The topological polar surface area (TPSA) is 60.5 Å². The molecule has 0 spiro atoms. The molecule has 0 radical (unpaired) electrons. The van der Waals surface area contributed by atoms with Crippen molar-refractivity contribution in [2.45, 2.75) is 33.2 Å². The first-order valence-corrected chi connectivity index (χ1v) is 9.50. The van der Waals surface area contributed by atoms with Crippen LogP contribution in [0, 0.1) is 0 Å². The Morgan fingerprint density at radius 1 is 1.11 bits per heavy atom. The van der Waals surface area contributed by atoms with Crippen molar-refractivity contribution in [2.24, 2.45) is 0 Å². The van der Waals surface area contributed by atoms with Crippen LogP contribution in [0.15, 0.2) is 48.7 Å². The van der Waals surface area contributed by atoms with Crippen molar-refractivity contribution in [3.63, 3.8) is 0 Å². The Kier molecular flexibility index (Phi) is 6.14. The number of methoxy groups -OCH3 is 1. The highest BCUT2D eigenvalue weighted by Crippen LogP contribution is 2.30. The van der Waals surface area contributed by atoms with Crippen LogP contribution in [0.3, 0.4) is 0 Å². The van der Waals surface area contributed by atoms with Gasteiger partial charge < -0.3 is 14.8 Å². The molecule has 5 nitrogen and oxygen atoms in total. The zero-order chi connectivity index (χ0) is 20.1. The van der Waals surface area contributed by atoms with Gasteiger partial charge in [0, 0.05) is 18.1 Å². The molecule has 0 aliphatic heterocycles. The molecule has 1 N–H and O–H groups in total. The van der Waals surface area contributed by atoms with Crippen molar-refractivity contribution in [1.29, 1.82) is 0 Å². The lowest BCUT2D eigenvalue weighted by Gasteiger charge is -2.15. The third-order valence-electron chi connectivity index (χ3n) is 4.67. The monoisotopic (exact) mass is 378 g/mol. The summed E-state index contributed by atoms with van der Waals surface area (Å²) in [6, 6.07) is 13.6. The number of ether oxygens (including phenoxy) is 2. The number of nitrogens with one attached hydrogen (secondary N) is 1. The van der Waals surface area contributed by atoms with Crippen molar-refractivity contribution in [3.8, 4) is 5.75 Å². The highest BCUT2D eigenvalue weighted by Gasteiger charge is 2.14. The number of anilines is 1. The Morgan fingerprint density at radius 3 is 2.50 bits per heavy atom. The number of benzene rings is 2. The standard InChI is InChI=1S/C23H26N2O3/c1-5-28-23(26)17-8-11-19-20(12-17)22(25-14-21(19)15(2)3)24-13-16-6-9-18(27-4)10-7-16/h6-12,14-15H,5,13H2,1-4H3,(H,24,25). The molecule has 0 amide bonds. The van der Waals surface area contributed by atoms with Gasteiger partial charge in [-0.05, 0) is 53.6 Å². The number of hydrogen-bond acceptors (Lipinski definition) is 5. The van der Waals surface area contributed by atoms with Gasteiger partial charge in [0.25, 0.3) is 0 Å². The molecule has 2 aromatic carbocycles. The minimum Gasteiger partial charge on any atom is -0.497 e. The first kappa shape index (κ1) is 19.7. The zero-order valence-corrected chi connectivity index (χ0v) is 16.8.